The van der Waals surface area contributed by atoms with Gasteiger partial charge < -0.3 is 9.47 Å². The minimum absolute atomic E-state index is 0.0252. The zero-order valence-electron chi connectivity index (χ0n) is 18.5. The Morgan fingerprint density at radius 1 is 0.571 bits per heavy atom. The maximum Gasteiger partial charge on any atom is 0.308 e. The van der Waals surface area contributed by atoms with E-state index in [1.807, 2.05) is 0 Å². The van der Waals surface area contributed by atoms with Crippen molar-refractivity contribution in [2.45, 2.75) is 117 Å². The molecule has 0 heterocycles. The number of hydrogen-bond donors (Lipinski definition) is 0. The molecule has 0 bridgehead atoms. The Morgan fingerprint density at radius 2 is 0.893 bits per heavy atom. The largest absolute Gasteiger partial charge is 0.465 e. The summed E-state index contributed by atoms with van der Waals surface area (Å²) in [6.07, 6.45) is 17.4. The lowest BCUT2D eigenvalue weighted by Crippen LogP contribution is -2.28. The van der Waals surface area contributed by atoms with Gasteiger partial charge in [-0.15, -0.1) is 0 Å². The zero-order valence-corrected chi connectivity index (χ0v) is 18.5. The van der Waals surface area contributed by atoms with Crippen molar-refractivity contribution in [3.63, 3.8) is 0 Å². The van der Waals surface area contributed by atoms with Crippen LogP contribution in [0.15, 0.2) is 0 Å². The minimum atomic E-state index is -0.0645. The first-order chi connectivity index (χ1) is 13.7. The SMILES string of the molecule is CCCCCCCCCOC(=O)C1CCC(C(=O)OCCCCCCC)CC1. The van der Waals surface area contributed by atoms with Crippen LogP contribution in [-0.4, -0.2) is 25.2 Å². The van der Waals surface area contributed by atoms with Crippen LogP contribution < -0.4 is 0 Å². The molecule has 1 fully saturated rings. The van der Waals surface area contributed by atoms with Gasteiger partial charge in [-0.3, -0.25) is 9.59 Å². The summed E-state index contributed by atoms with van der Waals surface area (Å²) in [7, 11) is 0. The van der Waals surface area contributed by atoms with Crippen molar-refractivity contribution in [2.24, 2.45) is 11.8 Å². The number of unbranched alkanes of at least 4 members (excludes halogenated alkanes) is 10. The zero-order chi connectivity index (χ0) is 20.5. The minimum Gasteiger partial charge on any atom is -0.465 e. The Hall–Kier alpha value is -1.06. The number of ether oxygens (including phenoxy) is 2. The number of hydrogen-bond acceptors (Lipinski definition) is 4. The molecule has 0 saturated heterocycles. The maximum absolute atomic E-state index is 12.2. The summed E-state index contributed by atoms with van der Waals surface area (Å²) in [5, 5.41) is 0. The molecule has 1 aliphatic carbocycles. The molecular formula is C24H44O4. The van der Waals surface area contributed by atoms with Crippen molar-refractivity contribution in [3.8, 4) is 0 Å². The Balaban J connectivity index is 2.03. The van der Waals surface area contributed by atoms with Gasteiger partial charge in [0.05, 0.1) is 25.0 Å². The van der Waals surface area contributed by atoms with Gasteiger partial charge in [-0.05, 0) is 38.5 Å². The van der Waals surface area contributed by atoms with Crippen molar-refractivity contribution in [1.82, 2.24) is 0 Å². The summed E-state index contributed by atoms with van der Waals surface area (Å²) in [6.45, 7) is 5.52. The Kier molecular flexibility index (Phi) is 15.0. The first kappa shape index (κ1) is 25.0. The highest BCUT2D eigenvalue weighted by molar-refractivity contribution is 5.75. The van der Waals surface area contributed by atoms with E-state index in [0.717, 1.165) is 51.4 Å². The highest BCUT2D eigenvalue weighted by Crippen LogP contribution is 2.30. The van der Waals surface area contributed by atoms with Crippen LogP contribution in [0.2, 0.25) is 0 Å². The summed E-state index contributed by atoms with van der Waals surface area (Å²) in [5.41, 5.74) is 0. The van der Waals surface area contributed by atoms with E-state index in [4.69, 9.17) is 9.47 Å². The number of esters is 2. The van der Waals surface area contributed by atoms with Gasteiger partial charge in [0.25, 0.3) is 0 Å². The first-order valence-electron chi connectivity index (χ1n) is 12.0. The van der Waals surface area contributed by atoms with Crippen molar-refractivity contribution in [1.29, 1.82) is 0 Å². The molecule has 0 N–H and O–H groups in total. The van der Waals surface area contributed by atoms with Crippen molar-refractivity contribution >= 4 is 11.9 Å². The summed E-state index contributed by atoms with van der Waals surface area (Å²) < 4.78 is 10.9. The highest BCUT2D eigenvalue weighted by Gasteiger charge is 2.31. The quantitative estimate of drug-likeness (QED) is 0.218. The van der Waals surface area contributed by atoms with E-state index in [2.05, 4.69) is 13.8 Å². The van der Waals surface area contributed by atoms with E-state index >= 15 is 0 Å². The normalized spacial score (nSPS) is 19.4. The monoisotopic (exact) mass is 396 g/mol. The Labute approximate surface area is 173 Å². The lowest BCUT2D eigenvalue weighted by atomic mass is 9.82. The van der Waals surface area contributed by atoms with Gasteiger partial charge in [0.1, 0.15) is 0 Å². The van der Waals surface area contributed by atoms with E-state index in [1.165, 1.54) is 51.4 Å². The predicted molar refractivity (Wildman–Crippen MR) is 114 cm³/mol. The predicted octanol–water partition coefficient (Wildman–Crippen LogP) is 6.60. The summed E-state index contributed by atoms with van der Waals surface area (Å²) in [4.78, 5) is 24.4. The van der Waals surface area contributed by atoms with Crippen LogP contribution in [0.4, 0.5) is 0 Å². The van der Waals surface area contributed by atoms with E-state index in [-0.39, 0.29) is 23.8 Å². The van der Waals surface area contributed by atoms with Crippen LogP contribution in [0.25, 0.3) is 0 Å². The fourth-order valence-electron chi connectivity index (χ4n) is 3.91. The molecule has 28 heavy (non-hydrogen) atoms. The number of rotatable bonds is 16. The van der Waals surface area contributed by atoms with Crippen LogP contribution in [0.5, 0.6) is 0 Å². The van der Waals surface area contributed by atoms with E-state index in [9.17, 15) is 9.59 Å². The molecule has 0 aromatic heterocycles. The average Bonchev–Trinajstić information content (AvgIpc) is 2.72. The molecule has 164 valence electrons. The van der Waals surface area contributed by atoms with Gasteiger partial charge in [0.15, 0.2) is 0 Å². The second-order valence-electron chi connectivity index (χ2n) is 8.42. The van der Waals surface area contributed by atoms with Gasteiger partial charge in [-0.1, -0.05) is 78.1 Å². The molecule has 0 atom stereocenters. The smallest absolute Gasteiger partial charge is 0.308 e. The van der Waals surface area contributed by atoms with E-state index in [1.54, 1.807) is 0 Å². The maximum atomic E-state index is 12.2. The molecule has 1 saturated carbocycles. The van der Waals surface area contributed by atoms with E-state index < -0.39 is 0 Å². The average molecular weight is 397 g/mol. The second kappa shape index (κ2) is 16.9. The number of carbonyl (C=O) groups excluding carboxylic acids is 2. The van der Waals surface area contributed by atoms with Crippen LogP contribution in [0.3, 0.4) is 0 Å². The third-order valence-electron chi connectivity index (χ3n) is 5.88. The molecule has 1 rings (SSSR count). The lowest BCUT2D eigenvalue weighted by molar-refractivity contribution is -0.155. The molecule has 0 aromatic carbocycles. The molecule has 4 heteroatoms. The summed E-state index contributed by atoms with van der Waals surface area (Å²) in [6, 6.07) is 0. The standard InChI is InChI=1S/C24H44O4/c1-3-5-7-9-10-12-14-20-28-24(26)22-17-15-21(16-18-22)23(25)27-19-13-11-8-6-4-2/h21-22H,3-20H2,1-2H3. The lowest BCUT2D eigenvalue weighted by Gasteiger charge is -2.26. The summed E-state index contributed by atoms with van der Waals surface area (Å²) >= 11 is 0. The van der Waals surface area contributed by atoms with Gasteiger partial charge in [-0.2, -0.15) is 0 Å². The van der Waals surface area contributed by atoms with Crippen LogP contribution in [-0.2, 0) is 19.1 Å². The molecule has 0 amide bonds. The Bertz CT molecular complexity index is 399. The van der Waals surface area contributed by atoms with E-state index in [0.29, 0.717) is 13.2 Å². The summed E-state index contributed by atoms with van der Waals surface area (Å²) in [5.74, 6) is -0.176. The topological polar surface area (TPSA) is 52.6 Å². The second-order valence-corrected chi connectivity index (χ2v) is 8.42. The van der Waals surface area contributed by atoms with Crippen LogP contribution >= 0.6 is 0 Å². The number of carbonyl (C=O) groups is 2. The van der Waals surface area contributed by atoms with Crippen molar-refractivity contribution in [3.05, 3.63) is 0 Å². The molecular weight excluding hydrogens is 352 g/mol. The van der Waals surface area contributed by atoms with Crippen LogP contribution in [0, 0.1) is 11.8 Å². The molecule has 0 radical (unpaired) electrons. The van der Waals surface area contributed by atoms with Gasteiger partial charge in [0, 0.05) is 0 Å². The van der Waals surface area contributed by atoms with Crippen molar-refractivity contribution < 1.29 is 19.1 Å². The molecule has 4 nitrogen and oxygen atoms in total. The molecule has 0 aromatic rings. The molecule has 0 spiro atoms. The van der Waals surface area contributed by atoms with Gasteiger partial charge in [0.2, 0.25) is 0 Å². The molecule has 0 aliphatic heterocycles. The Morgan fingerprint density at radius 3 is 1.25 bits per heavy atom. The molecule has 0 unspecified atom stereocenters. The third-order valence-corrected chi connectivity index (χ3v) is 5.88. The first-order valence-corrected chi connectivity index (χ1v) is 12.0. The van der Waals surface area contributed by atoms with Gasteiger partial charge >= 0.3 is 11.9 Å². The fraction of sp³-hybridized carbons (Fsp3) is 0.917. The molecule has 1 aliphatic rings. The van der Waals surface area contributed by atoms with Gasteiger partial charge in [-0.25, -0.2) is 0 Å². The highest BCUT2D eigenvalue weighted by atomic mass is 16.5. The van der Waals surface area contributed by atoms with Crippen LogP contribution in [0.1, 0.15) is 117 Å². The fourth-order valence-corrected chi connectivity index (χ4v) is 3.91. The third kappa shape index (κ3) is 11.7. The van der Waals surface area contributed by atoms with Crippen molar-refractivity contribution in [2.75, 3.05) is 13.2 Å².